The van der Waals surface area contributed by atoms with Gasteiger partial charge in [-0.1, -0.05) is 13.8 Å². The van der Waals surface area contributed by atoms with Crippen molar-refractivity contribution >= 4 is 22.0 Å². The lowest BCUT2D eigenvalue weighted by atomic mass is 9.89. The molecule has 2 heterocycles. The van der Waals surface area contributed by atoms with Crippen molar-refractivity contribution in [2.45, 2.75) is 33.1 Å². The summed E-state index contributed by atoms with van der Waals surface area (Å²) in [5, 5.41) is 10.1. The van der Waals surface area contributed by atoms with Gasteiger partial charge in [0.2, 0.25) is 0 Å². The molecule has 0 bridgehead atoms. The van der Waals surface area contributed by atoms with Crippen molar-refractivity contribution in [1.82, 2.24) is 0 Å². The Hall–Kier alpha value is -1.21. The molecule has 0 aliphatic carbocycles. The molecule has 0 aromatic carbocycles. The predicted octanol–water partition coefficient (Wildman–Crippen LogP) is 3.46. The normalized spacial score (nSPS) is 20.8. The molecule has 2 N–H and O–H groups in total. The highest BCUT2D eigenvalue weighted by molar-refractivity contribution is 7.17. The minimum Gasteiger partial charge on any atom is -0.397 e. The number of nitrogens with zero attached hydrogens (tertiary/aromatic N) is 2. The maximum Gasteiger partial charge on any atom is 0.129 e. The molecular formula is C14H21N3S. The third-order valence-electron chi connectivity index (χ3n) is 3.88. The molecule has 18 heavy (non-hydrogen) atoms. The Balaban J connectivity index is 2.08. The van der Waals surface area contributed by atoms with Crippen LogP contribution in [0.1, 0.15) is 38.0 Å². The van der Waals surface area contributed by atoms with Crippen molar-refractivity contribution in [1.29, 1.82) is 5.26 Å². The summed E-state index contributed by atoms with van der Waals surface area (Å²) in [6, 6.07) is 4.12. The zero-order valence-corrected chi connectivity index (χ0v) is 12.0. The van der Waals surface area contributed by atoms with Crippen LogP contribution in [0.2, 0.25) is 0 Å². The van der Waals surface area contributed by atoms with E-state index >= 15 is 0 Å². The zero-order chi connectivity index (χ0) is 13.1. The number of rotatable bonds is 2. The van der Waals surface area contributed by atoms with Crippen LogP contribution in [-0.2, 0) is 0 Å². The first-order chi connectivity index (χ1) is 8.61. The van der Waals surface area contributed by atoms with Crippen LogP contribution in [0.4, 0.5) is 10.7 Å². The second-order valence-corrected chi connectivity index (χ2v) is 6.43. The molecule has 3 nitrogen and oxygen atoms in total. The Bertz CT molecular complexity index is 444. The molecule has 98 valence electrons. The smallest absolute Gasteiger partial charge is 0.129 e. The van der Waals surface area contributed by atoms with E-state index in [4.69, 9.17) is 11.0 Å². The summed E-state index contributed by atoms with van der Waals surface area (Å²) >= 11 is 1.52. The van der Waals surface area contributed by atoms with Crippen molar-refractivity contribution < 1.29 is 0 Å². The zero-order valence-electron chi connectivity index (χ0n) is 11.1. The van der Waals surface area contributed by atoms with Crippen molar-refractivity contribution in [2.75, 3.05) is 23.7 Å². The van der Waals surface area contributed by atoms with E-state index in [1.807, 2.05) is 6.07 Å². The SMILES string of the molecule is CC(C)C1CCCN(c2cc(N)c(C#N)s2)CC1. The molecule has 1 aromatic rings. The first-order valence-electron chi connectivity index (χ1n) is 6.66. The Morgan fingerprint density at radius 1 is 1.44 bits per heavy atom. The first-order valence-corrected chi connectivity index (χ1v) is 7.47. The summed E-state index contributed by atoms with van der Waals surface area (Å²) in [6.45, 7) is 6.82. The van der Waals surface area contributed by atoms with E-state index in [-0.39, 0.29) is 0 Å². The third kappa shape index (κ3) is 2.78. The molecule has 1 unspecified atom stereocenters. The van der Waals surface area contributed by atoms with Crippen molar-refractivity contribution in [3.05, 3.63) is 10.9 Å². The molecule has 1 atom stereocenters. The summed E-state index contributed by atoms with van der Waals surface area (Å²) in [6.07, 6.45) is 3.81. The standard InChI is InChI=1S/C14H21N3S/c1-10(2)11-4-3-6-17(7-5-11)14-8-12(16)13(9-15)18-14/h8,10-11H,3-7,16H2,1-2H3. The maximum atomic E-state index is 8.96. The highest BCUT2D eigenvalue weighted by Gasteiger charge is 2.21. The molecule has 0 spiro atoms. The number of anilines is 2. The van der Waals surface area contributed by atoms with E-state index in [0.29, 0.717) is 10.6 Å². The van der Waals surface area contributed by atoms with Crippen LogP contribution in [0, 0.1) is 23.2 Å². The van der Waals surface area contributed by atoms with Gasteiger partial charge in [-0.15, -0.1) is 11.3 Å². The Morgan fingerprint density at radius 2 is 2.22 bits per heavy atom. The van der Waals surface area contributed by atoms with Gasteiger partial charge in [-0.2, -0.15) is 5.26 Å². The highest BCUT2D eigenvalue weighted by atomic mass is 32.1. The number of nitriles is 1. The van der Waals surface area contributed by atoms with Crippen LogP contribution in [0.15, 0.2) is 6.07 Å². The summed E-state index contributed by atoms with van der Waals surface area (Å²) in [4.78, 5) is 3.04. The molecule has 1 aliphatic rings. The Labute approximate surface area is 113 Å². The van der Waals surface area contributed by atoms with Gasteiger partial charge in [-0.25, -0.2) is 0 Å². The molecule has 0 radical (unpaired) electrons. The van der Waals surface area contributed by atoms with Gasteiger partial charge in [0.25, 0.3) is 0 Å². The Morgan fingerprint density at radius 3 is 2.83 bits per heavy atom. The van der Waals surface area contributed by atoms with E-state index in [2.05, 4.69) is 24.8 Å². The second kappa shape index (κ2) is 5.62. The molecule has 2 rings (SSSR count). The lowest BCUT2D eigenvalue weighted by Gasteiger charge is -2.21. The number of thiophene rings is 1. The molecule has 1 saturated heterocycles. The number of nitrogens with two attached hydrogens (primary N) is 1. The van der Waals surface area contributed by atoms with Crippen molar-refractivity contribution in [3.63, 3.8) is 0 Å². The van der Waals surface area contributed by atoms with Crippen molar-refractivity contribution in [2.24, 2.45) is 11.8 Å². The molecule has 4 heteroatoms. The second-order valence-electron chi connectivity index (χ2n) is 5.40. The minimum atomic E-state index is 0.627. The molecular weight excluding hydrogens is 242 g/mol. The quantitative estimate of drug-likeness (QED) is 0.889. The van der Waals surface area contributed by atoms with E-state index in [0.717, 1.165) is 29.9 Å². The molecule has 1 fully saturated rings. The average molecular weight is 263 g/mol. The summed E-state index contributed by atoms with van der Waals surface area (Å²) < 4.78 is 0. The van der Waals surface area contributed by atoms with Gasteiger partial charge < -0.3 is 10.6 Å². The fourth-order valence-electron chi connectivity index (χ4n) is 2.64. The summed E-state index contributed by atoms with van der Waals surface area (Å²) in [5.41, 5.74) is 6.46. The summed E-state index contributed by atoms with van der Waals surface area (Å²) in [7, 11) is 0. The third-order valence-corrected chi connectivity index (χ3v) is 4.99. The average Bonchev–Trinajstić information content (AvgIpc) is 2.58. The van der Waals surface area contributed by atoms with Crippen LogP contribution < -0.4 is 10.6 Å². The molecule has 0 amide bonds. The fraction of sp³-hybridized carbons (Fsp3) is 0.643. The molecule has 1 aromatic heterocycles. The van der Waals surface area contributed by atoms with Gasteiger partial charge in [0, 0.05) is 13.1 Å². The Kier molecular flexibility index (Phi) is 4.13. The van der Waals surface area contributed by atoms with Crippen LogP contribution in [0.5, 0.6) is 0 Å². The van der Waals surface area contributed by atoms with E-state index < -0.39 is 0 Å². The largest absolute Gasteiger partial charge is 0.397 e. The maximum absolute atomic E-state index is 8.96. The number of nitrogen functional groups attached to an aromatic ring is 1. The van der Waals surface area contributed by atoms with Gasteiger partial charge in [0.05, 0.1) is 10.7 Å². The van der Waals surface area contributed by atoms with E-state index in [1.165, 1.54) is 30.6 Å². The summed E-state index contributed by atoms with van der Waals surface area (Å²) in [5.74, 6) is 1.61. The monoisotopic (exact) mass is 263 g/mol. The van der Waals surface area contributed by atoms with Gasteiger partial charge in [0.15, 0.2) is 0 Å². The first kappa shape index (κ1) is 13.2. The number of hydrogen-bond acceptors (Lipinski definition) is 4. The molecule has 0 saturated carbocycles. The van der Waals surface area contributed by atoms with Gasteiger partial charge >= 0.3 is 0 Å². The lowest BCUT2D eigenvalue weighted by molar-refractivity contribution is 0.351. The number of hydrogen-bond donors (Lipinski definition) is 1. The molecule has 1 aliphatic heterocycles. The lowest BCUT2D eigenvalue weighted by Crippen LogP contribution is -2.23. The van der Waals surface area contributed by atoms with Crippen molar-refractivity contribution in [3.8, 4) is 6.07 Å². The van der Waals surface area contributed by atoms with E-state index in [1.54, 1.807) is 0 Å². The highest BCUT2D eigenvalue weighted by Crippen LogP contribution is 2.34. The topological polar surface area (TPSA) is 53.0 Å². The van der Waals surface area contributed by atoms with Crippen LogP contribution in [0.3, 0.4) is 0 Å². The van der Waals surface area contributed by atoms with Gasteiger partial charge in [-0.3, -0.25) is 0 Å². The van der Waals surface area contributed by atoms with Crippen LogP contribution in [0.25, 0.3) is 0 Å². The minimum absolute atomic E-state index is 0.627. The van der Waals surface area contributed by atoms with Gasteiger partial charge in [0.1, 0.15) is 10.9 Å². The predicted molar refractivity (Wildman–Crippen MR) is 77.8 cm³/mol. The van der Waals surface area contributed by atoms with Crippen LogP contribution >= 0.6 is 11.3 Å². The van der Waals surface area contributed by atoms with Gasteiger partial charge in [-0.05, 0) is 37.2 Å². The fourth-order valence-corrected chi connectivity index (χ4v) is 3.57. The van der Waals surface area contributed by atoms with E-state index in [9.17, 15) is 0 Å². The van der Waals surface area contributed by atoms with Crippen LogP contribution in [-0.4, -0.2) is 13.1 Å².